The van der Waals surface area contributed by atoms with E-state index in [0.29, 0.717) is 29.4 Å². The predicted octanol–water partition coefficient (Wildman–Crippen LogP) is 0.265. The molecule has 1 heterocycles. The van der Waals surface area contributed by atoms with Crippen LogP contribution in [0.2, 0.25) is 5.02 Å². The minimum Gasteiger partial charge on any atom is -0.351 e. The maximum absolute atomic E-state index is 12.1. The third kappa shape index (κ3) is 3.27. The first-order valence-electron chi connectivity index (χ1n) is 5.68. The van der Waals surface area contributed by atoms with E-state index in [-0.39, 0.29) is 5.91 Å². The summed E-state index contributed by atoms with van der Waals surface area (Å²) in [6.45, 7) is 1.21. The van der Waals surface area contributed by atoms with Gasteiger partial charge in [-0.1, -0.05) is 11.6 Å². The van der Waals surface area contributed by atoms with Gasteiger partial charge in [-0.2, -0.15) is 4.68 Å². The van der Waals surface area contributed by atoms with E-state index < -0.39 is 0 Å². The summed E-state index contributed by atoms with van der Waals surface area (Å²) in [6.07, 6.45) is 1.42. The lowest BCUT2D eigenvalue weighted by Crippen LogP contribution is -2.31. The number of tetrazole rings is 1. The molecule has 0 saturated carbocycles. The number of halogens is 1. The van der Waals surface area contributed by atoms with Crippen molar-refractivity contribution in [2.75, 3.05) is 20.1 Å². The van der Waals surface area contributed by atoms with Gasteiger partial charge in [-0.25, -0.2) is 0 Å². The second kappa shape index (κ2) is 6.26. The van der Waals surface area contributed by atoms with Crippen molar-refractivity contribution < 1.29 is 4.79 Å². The normalized spacial score (nSPS) is 10.4. The fourth-order valence-electron chi connectivity index (χ4n) is 1.56. The second-order valence-corrected chi connectivity index (χ2v) is 4.21. The number of nitrogens with zero attached hydrogens (tertiary/aromatic N) is 4. The van der Waals surface area contributed by atoms with Crippen LogP contribution in [-0.2, 0) is 0 Å². The van der Waals surface area contributed by atoms with Crippen molar-refractivity contribution in [3.05, 3.63) is 35.1 Å². The Morgan fingerprint density at radius 2 is 2.26 bits per heavy atom. The number of benzene rings is 1. The average molecular weight is 281 g/mol. The third-order valence-corrected chi connectivity index (χ3v) is 2.69. The molecule has 0 spiro atoms. The van der Waals surface area contributed by atoms with Crippen molar-refractivity contribution in [1.29, 1.82) is 0 Å². The smallest absolute Gasteiger partial charge is 0.253 e. The quantitative estimate of drug-likeness (QED) is 0.768. The van der Waals surface area contributed by atoms with Gasteiger partial charge in [0.2, 0.25) is 0 Å². The highest BCUT2D eigenvalue weighted by Gasteiger charge is 2.14. The zero-order valence-electron chi connectivity index (χ0n) is 10.3. The van der Waals surface area contributed by atoms with Crippen molar-refractivity contribution in [2.24, 2.45) is 0 Å². The highest BCUT2D eigenvalue weighted by atomic mass is 35.5. The van der Waals surface area contributed by atoms with Gasteiger partial charge in [0.15, 0.2) is 0 Å². The Bertz CT molecular complexity index is 556. The fourth-order valence-corrected chi connectivity index (χ4v) is 1.73. The molecule has 2 rings (SSSR count). The minimum absolute atomic E-state index is 0.219. The van der Waals surface area contributed by atoms with Crippen LogP contribution in [0.15, 0.2) is 24.5 Å². The molecule has 0 radical (unpaired) electrons. The maximum atomic E-state index is 12.1. The first kappa shape index (κ1) is 13.4. The summed E-state index contributed by atoms with van der Waals surface area (Å²) in [5, 5.41) is 17.1. The molecule has 0 fully saturated rings. The molecule has 8 heteroatoms. The van der Waals surface area contributed by atoms with Crippen LogP contribution in [0.5, 0.6) is 0 Å². The molecule has 1 aromatic heterocycles. The molecule has 0 atom stereocenters. The largest absolute Gasteiger partial charge is 0.351 e. The first-order valence-corrected chi connectivity index (χ1v) is 6.06. The summed E-state index contributed by atoms with van der Waals surface area (Å²) in [5.41, 5.74) is 1.01. The van der Waals surface area contributed by atoms with Crippen LogP contribution in [0.3, 0.4) is 0 Å². The van der Waals surface area contributed by atoms with E-state index in [9.17, 15) is 4.79 Å². The van der Waals surface area contributed by atoms with E-state index in [0.717, 1.165) is 0 Å². The number of amides is 1. The van der Waals surface area contributed by atoms with Gasteiger partial charge < -0.3 is 10.6 Å². The molecule has 2 aromatic rings. The lowest BCUT2D eigenvalue weighted by atomic mass is 10.1. The Morgan fingerprint density at radius 1 is 1.42 bits per heavy atom. The second-order valence-electron chi connectivity index (χ2n) is 3.78. The van der Waals surface area contributed by atoms with E-state index in [1.807, 2.05) is 7.05 Å². The summed E-state index contributed by atoms with van der Waals surface area (Å²) in [4.78, 5) is 12.1. The molecule has 100 valence electrons. The first-order chi connectivity index (χ1) is 9.22. The predicted molar refractivity (Wildman–Crippen MR) is 70.4 cm³/mol. The molecular formula is C11H13ClN6O. The number of hydrogen-bond donors (Lipinski definition) is 2. The minimum atomic E-state index is -0.219. The van der Waals surface area contributed by atoms with E-state index in [4.69, 9.17) is 11.6 Å². The maximum Gasteiger partial charge on any atom is 0.253 e. The Kier molecular flexibility index (Phi) is 4.43. The number of carbonyl (C=O) groups is 1. The fraction of sp³-hybridized carbons (Fsp3) is 0.273. The van der Waals surface area contributed by atoms with Crippen molar-refractivity contribution in [3.8, 4) is 5.69 Å². The SMILES string of the molecule is CNCCNC(=O)c1cc(Cl)ccc1-n1cnnn1. The van der Waals surface area contributed by atoms with Crippen LogP contribution in [0.25, 0.3) is 5.69 Å². The topological polar surface area (TPSA) is 84.7 Å². The number of rotatable bonds is 5. The van der Waals surface area contributed by atoms with Gasteiger partial charge in [-0.05, 0) is 35.7 Å². The summed E-state index contributed by atoms with van der Waals surface area (Å²) < 4.78 is 1.42. The lowest BCUT2D eigenvalue weighted by molar-refractivity contribution is 0.0954. The zero-order valence-corrected chi connectivity index (χ0v) is 11.1. The summed E-state index contributed by atoms with van der Waals surface area (Å²) in [7, 11) is 1.82. The van der Waals surface area contributed by atoms with Crippen LogP contribution in [0, 0.1) is 0 Å². The molecule has 1 amide bonds. The Morgan fingerprint density at radius 3 is 2.95 bits per heavy atom. The number of nitrogens with one attached hydrogen (secondary N) is 2. The molecule has 1 aromatic carbocycles. The number of carbonyl (C=O) groups excluding carboxylic acids is 1. The van der Waals surface area contributed by atoms with Crippen LogP contribution in [0.4, 0.5) is 0 Å². The van der Waals surface area contributed by atoms with Gasteiger partial charge in [0, 0.05) is 18.1 Å². The molecule has 0 aliphatic heterocycles. The molecular weight excluding hydrogens is 268 g/mol. The Balaban J connectivity index is 2.27. The Labute approximate surface area is 114 Å². The van der Waals surface area contributed by atoms with Gasteiger partial charge >= 0.3 is 0 Å². The molecule has 2 N–H and O–H groups in total. The number of aromatic nitrogens is 4. The summed E-state index contributed by atoms with van der Waals surface area (Å²) >= 11 is 5.93. The third-order valence-electron chi connectivity index (χ3n) is 2.46. The molecule has 0 aliphatic carbocycles. The van der Waals surface area contributed by atoms with Crippen molar-refractivity contribution in [2.45, 2.75) is 0 Å². The van der Waals surface area contributed by atoms with E-state index in [1.54, 1.807) is 18.2 Å². The van der Waals surface area contributed by atoms with Crippen LogP contribution in [0.1, 0.15) is 10.4 Å². The van der Waals surface area contributed by atoms with Crippen molar-refractivity contribution in [1.82, 2.24) is 30.8 Å². The van der Waals surface area contributed by atoms with Crippen LogP contribution < -0.4 is 10.6 Å². The lowest BCUT2D eigenvalue weighted by Gasteiger charge is -2.09. The van der Waals surface area contributed by atoms with Crippen molar-refractivity contribution >= 4 is 17.5 Å². The highest BCUT2D eigenvalue weighted by Crippen LogP contribution is 2.18. The van der Waals surface area contributed by atoms with Gasteiger partial charge in [-0.15, -0.1) is 5.10 Å². The van der Waals surface area contributed by atoms with Gasteiger partial charge in [-0.3, -0.25) is 4.79 Å². The standard InChI is InChI=1S/C11H13ClN6O/c1-13-4-5-14-11(19)9-6-8(12)2-3-10(9)18-7-15-16-17-18/h2-3,6-7,13H,4-5H2,1H3,(H,14,19). The molecule has 7 nitrogen and oxygen atoms in total. The molecule has 0 saturated heterocycles. The number of likely N-dealkylation sites (N-methyl/N-ethyl adjacent to an activating group) is 1. The highest BCUT2D eigenvalue weighted by molar-refractivity contribution is 6.31. The van der Waals surface area contributed by atoms with Gasteiger partial charge in [0.1, 0.15) is 6.33 Å². The van der Waals surface area contributed by atoms with Gasteiger partial charge in [0.05, 0.1) is 11.3 Å². The molecule has 0 aliphatic rings. The van der Waals surface area contributed by atoms with E-state index in [1.165, 1.54) is 11.0 Å². The number of hydrogen-bond acceptors (Lipinski definition) is 5. The summed E-state index contributed by atoms with van der Waals surface area (Å²) in [5.74, 6) is -0.219. The zero-order chi connectivity index (χ0) is 13.7. The average Bonchev–Trinajstić information content (AvgIpc) is 2.92. The Hall–Kier alpha value is -1.99. The monoisotopic (exact) mass is 280 g/mol. The van der Waals surface area contributed by atoms with Crippen LogP contribution >= 0.6 is 11.6 Å². The van der Waals surface area contributed by atoms with Crippen molar-refractivity contribution in [3.63, 3.8) is 0 Å². The van der Waals surface area contributed by atoms with E-state index >= 15 is 0 Å². The van der Waals surface area contributed by atoms with Crippen LogP contribution in [-0.4, -0.2) is 46.3 Å². The van der Waals surface area contributed by atoms with Gasteiger partial charge in [0.25, 0.3) is 5.91 Å². The molecule has 19 heavy (non-hydrogen) atoms. The molecule has 0 unspecified atom stereocenters. The molecule has 0 bridgehead atoms. The van der Waals surface area contributed by atoms with E-state index in [2.05, 4.69) is 26.2 Å². The summed E-state index contributed by atoms with van der Waals surface area (Å²) in [6, 6.07) is 4.97.